The Labute approximate surface area is 162 Å². The molecule has 2 aromatic rings. The van der Waals surface area contributed by atoms with Gasteiger partial charge in [-0.2, -0.15) is 0 Å². The Balaban J connectivity index is 2.11. The number of esters is 1. The molecular weight excluding hydrogens is 385 g/mol. The molecule has 0 bridgehead atoms. The van der Waals surface area contributed by atoms with Crippen molar-refractivity contribution in [3.05, 3.63) is 47.4 Å². The van der Waals surface area contributed by atoms with Crippen LogP contribution < -0.4 is 5.73 Å². The molecule has 150 valence electrons. The van der Waals surface area contributed by atoms with Gasteiger partial charge in [-0.25, -0.2) is 17.6 Å². The van der Waals surface area contributed by atoms with Crippen molar-refractivity contribution < 1.29 is 22.3 Å². The number of nitrogens with one attached hydrogen (secondary N) is 1. The number of nitrogens with two attached hydrogens (primary N) is 1. The van der Waals surface area contributed by atoms with Crippen LogP contribution in [0.25, 0.3) is 11.3 Å². The van der Waals surface area contributed by atoms with Crippen molar-refractivity contribution in [2.75, 3.05) is 12.9 Å². The van der Waals surface area contributed by atoms with Gasteiger partial charge in [-0.1, -0.05) is 0 Å². The lowest BCUT2D eigenvalue weighted by molar-refractivity contribution is 0.0595. The van der Waals surface area contributed by atoms with E-state index >= 15 is 0 Å². The van der Waals surface area contributed by atoms with Gasteiger partial charge >= 0.3 is 5.97 Å². The average molecular weight is 407 g/mol. The third-order valence-electron chi connectivity index (χ3n) is 5.18. The minimum Gasteiger partial charge on any atom is -0.464 e. The van der Waals surface area contributed by atoms with E-state index in [1.54, 1.807) is 19.1 Å². The minimum atomic E-state index is -3.66. The highest BCUT2D eigenvalue weighted by Gasteiger charge is 2.49. The van der Waals surface area contributed by atoms with Crippen LogP contribution in [0.15, 0.2) is 35.3 Å². The fraction of sp³-hybridized carbons (Fsp3) is 0.368. The van der Waals surface area contributed by atoms with Crippen LogP contribution in [0.1, 0.15) is 36.8 Å². The standard InChI is InChI=1S/C19H22FN3O4S/c1-18(2)17(21)23-19(3,10-28(18,25)26)12-9-11(5-6-13(12)20)14-7-8-15(22-14)16(24)27-4/h5-9,22H,10H2,1-4H3,(H2,21,23)/t19-/m0/s1. The molecule has 1 aromatic heterocycles. The predicted octanol–water partition coefficient (Wildman–Crippen LogP) is 2.39. The number of aromatic nitrogens is 1. The zero-order valence-electron chi connectivity index (χ0n) is 16.0. The van der Waals surface area contributed by atoms with Gasteiger partial charge in [-0.3, -0.25) is 4.99 Å². The molecule has 28 heavy (non-hydrogen) atoms. The van der Waals surface area contributed by atoms with Crippen molar-refractivity contribution in [2.24, 2.45) is 10.7 Å². The van der Waals surface area contributed by atoms with Crippen molar-refractivity contribution in [3.8, 4) is 11.3 Å². The van der Waals surface area contributed by atoms with E-state index in [9.17, 15) is 17.6 Å². The smallest absolute Gasteiger partial charge is 0.354 e. The van der Waals surface area contributed by atoms with Gasteiger partial charge in [0.2, 0.25) is 0 Å². The van der Waals surface area contributed by atoms with Gasteiger partial charge in [0.25, 0.3) is 0 Å². The van der Waals surface area contributed by atoms with E-state index in [0.717, 1.165) is 0 Å². The maximum absolute atomic E-state index is 14.7. The maximum atomic E-state index is 14.7. The number of ether oxygens (including phenoxy) is 1. The second-order valence-electron chi connectivity index (χ2n) is 7.51. The summed E-state index contributed by atoms with van der Waals surface area (Å²) in [5.74, 6) is -1.54. The predicted molar refractivity (Wildman–Crippen MR) is 104 cm³/mol. The Bertz CT molecular complexity index is 1090. The van der Waals surface area contributed by atoms with Crippen LogP contribution >= 0.6 is 0 Å². The first kappa shape index (κ1) is 20.1. The number of benzene rings is 1. The molecule has 1 atom stereocenters. The molecule has 0 fully saturated rings. The van der Waals surface area contributed by atoms with E-state index in [2.05, 4.69) is 14.7 Å². The minimum absolute atomic E-state index is 0.0566. The molecule has 1 aliphatic heterocycles. The van der Waals surface area contributed by atoms with Gasteiger partial charge in [-0.15, -0.1) is 0 Å². The van der Waals surface area contributed by atoms with E-state index in [1.807, 2.05) is 0 Å². The van der Waals surface area contributed by atoms with Crippen molar-refractivity contribution in [3.63, 3.8) is 0 Å². The van der Waals surface area contributed by atoms with Gasteiger partial charge in [0.15, 0.2) is 9.84 Å². The zero-order chi connectivity index (χ0) is 20.9. The summed E-state index contributed by atoms with van der Waals surface area (Å²) >= 11 is 0. The van der Waals surface area contributed by atoms with Crippen LogP contribution in [-0.2, 0) is 20.1 Å². The van der Waals surface area contributed by atoms with E-state index in [-0.39, 0.29) is 22.8 Å². The summed E-state index contributed by atoms with van der Waals surface area (Å²) in [5, 5.41) is 0. The van der Waals surface area contributed by atoms with Crippen molar-refractivity contribution in [2.45, 2.75) is 31.1 Å². The number of sulfone groups is 1. The number of nitrogens with zero attached hydrogens (tertiary/aromatic N) is 1. The molecule has 0 aliphatic carbocycles. The number of aromatic amines is 1. The van der Waals surface area contributed by atoms with Crippen LogP contribution in [0.5, 0.6) is 0 Å². The Morgan fingerprint density at radius 2 is 1.93 bits per heavy atom. The lowest BCUT2D eigenvalue weighted by Crippen LogP contribution is -2.54. The second kappa shape index (κ2) is 6.44. The number of halogens is 1. The highest BCUT2D eigenvalue weighted by molar-refractivity contribution is 7.93. The molecule has 1 aromatic carbocycles. The first-order valence-corrected chi connectivity index (χ1v) is 10.2. The number of hydrogen-bond acceptors (Lipinski definition) is 6. The van der Waals surface area contributed by atoms with E-state index in [1.165, 1.54) is 39.2 Å². The number of amidine groups is 1. The average Bonchev–Trinajstić information content (AvgIpc) is 3.09. The molecule has 3 N–H and O–H groups in total. The topological polar surface area (TPSA) is 115 Å². The number of carbonyl (C=O) groups is 1. The van der Waals surface area contributed by atoms with Gasteiger partial charge in [-0.05, 0) is 56.7 Å². The molecule has 0 saturated carbocycles. The number of H-pyrrole nitrogens is 1. The number of methoxy groups -OCH3 is 1. The quantitative estimate of drug-likeness (QED) is 0.758. The molecule has 3 rings (SSSR count). The monoisotopic (exact) mass is 407 g/mol. The Morgan fingerprint density at radius 3 is 2.54 bits per heavy atom. The maximum Gasteiger partial charge on any atom is 0.354 e. The number of aliphatic imine (C=N–C) groups is 1. The Hall–Kier alpha value is -2.68. The Kier molecular flexibility index (Phi) is 4.61. The molecule has 0 unspecified atom stereocenters. The van der Waals surface area contributed by atoms with Gasteiger partial charge in [0.1, 0.15) is 27.6 Å². The molecular formula is C19H22FN3O4S. The Morgan fingerprint density at radius 1 is 1.25 bits per heavy atom. The summed E-state index contributed by atoms with van der Waals surface area (Å²) in [6, 6.07) is 7.50. The van der Waals surface area contributed by atoms with Crippen molar-refractivity contribution >= 4 is 21.6 Å². The summed E-state index contributed by atoms with van der Waals surface area (Å²) < 4.78 is 43.5. The van der Waals surface area contributed by atoms with E-state index in [4.69, 9.17) is 5.73 Å². The molecule has 0 radical (unpaired) electrons. The molecule has 0 saturated heterocycles. The molecule has 2 heterocycles. The van der Waals surface area contributed by atoms with E-state index in [0.29, 0.717) is 11.3 Å². The summed E-state index contributed by atoms with van der Waals surface area (Å²) in [5.41, 5.74) is 6.07. The van der Waals surface area contributed by atoms with Gasteiger partial charge in [0.05, 0.1) is 12.9 Å². The van der Waals surface area contributed by atoms with Gasteiger partial charge in [0, 0.05) is 11.3 Å². The highest BCUT2D eigenvalue weighted by atomic mass is 32.2. The van der Waals surface area contributed by atoms with Crippen LogP contribution in [0.3, 0.4) is 0 Å². The highest BCUT2D eigenvalue weighted by Crippen LogP contribution is 2.39. The normalized spacial score (nSPS) is 23.1. The lowest BCUT2D eigenvalue weighted by atomic mass is 9.91. The molecule has 9 heteroatoms. The summed E-state index contributed by atoms with van der Waals surface area (Å²) in [4.78, 5) is 18.9. The van der Waals surface area contributed by atoms with Crippen LogP contribution in [0.2, 0.25) is 0 Å². The SMILES string of the molecule is COC(=O)c1ccc(-c2ccc(F)c([C@]3(C)CS(=O)(=O)C(C)(C)C(N)=N3)c2)[nH]1. The van der Waals surface area contributed by atoms with Gasteiger partial charge < -0.3 is 15.5 Å². The summed E-state index contributed by atoms with van der Waals surface area (Å²) in [6.07, 6.45) is 0. The first-order chi connectivity index (χ1) is 12.9. The molecule has 0 spiro atoms. The van der Waals surface area contributed by atoms with Crippen molar-refractivity contribution in [1.82, 2.24) is 4.98 Å². The fourth-order valence-corrected chi connectivity index (χ4v) is 4.86. The number of hydrogen-bond donors (Lipinski definition) is 2. The van der Waals surface area contributed by atoms with Crippen molar-refractivity contribution in [1.29, 1.82) is 0 Å². The summed E-state index contributed by atoms with van der Waals surface area (Å²) in [6.45, 7) is 4.52. The third-order valence-corrected chi connectivity index (χ3v) is 7.89. The largest absolute Gasteiger partial charge is 0.464 e. The zero-order valence-corrected chi connectivity index (χ0v) is 16.9. The fourth-order valence-electron chi connectivity index (χ4n) is 3.18. The van der Waals surface area contributed by atoms with Crippen LogP contribution in [-0.4, -0.2) is 42.8 Å². The molecule has 0 amide bonds. The first-order valence-electron chi connectivity index (χ1n) is 8.57. The number of carbonyl (C=O) groups excluding carboxylic acids is 1. The summed E-state index contributed by atoms with van der Waals surface area (Å²) in [7, 11) is -2.39. The van der Waals surface area contributed by atoms with E-state index < -0.39 is 31.9 Å². The van der Waals surface area contributed by atoms with Crippen LogP contribution in [0.4, 0.5) is 4.39 Å². The third kappa shape index (κ3) is 3.09. The lowest BCUT2D eigenvalue weighted by Gasteiger charge is -2.38. The number of rotatable bonds is 3. The second-order valence-corrected chi connectivity index (χ2v) is 10.1. The molecule has 7 nitrogen and oxygen atoms in total. The van der Waals surface area contributed by atoms with Crippen LogP contribution in [0, 0.1) is 5.82 Å². The molecule has 1 aliphatic rings.